The van der Waals surface area contributed by atoms with Gasteiger partial charge in [-0.1, -0.05) is 35.3 Å². The first kappa shape index (κ1) is 14.9. The maximum atomic E-state index is 11.5. The van der Waals surface area contributed by atoms with Crippen molar-refractivity contribution in [3.05, 3.63) is 69.8 Å². The van der Waals surface area contributed by atoms with Crippen molar-refractivity contribution in [3.8, 4) is 0 Å². The molecule has 0 saturated carbocycles. The lowest BCUT2D eigenvalue weighted by atomic mass is 10.1. The maximum Gasteiger partial charge on any atom is 0.274 e. The van der Waals surface area contributed by atoms with Crippen LogP contribution in [0.3, 0.4) is 0 Å². The largest absolute Gasteiger partial charge is 0.343 e. The lowest BCUT2D eigenvalue weighted by molar-refractivity contribution is 0.0706. The molecule has 1 heterocycles. The predicted octanol–water partition coefficient (Wildman–Crippen LogP) is 4.12. The Morgan fingerprint density at radius 2 is 1.95 bits per heavy atom. The van der Waals surface area contributed by atoms with E-state index in [9.17, 15) is 4.79 Å². The second kappa shape index (κ2) is 6.01. The van der Waals surface area contributed by atoms with Gasteiger partial charge in [0, 0.05) is 33.9 Å². The van der Waals surface area contributed by atoms with Gasteiger partial charge in [-0.25, -0.2) is 5.48 Å². The minimum absolute atomic E-state index is 0.386. The van der Waals surface area contributed by atoms with Crippen molar-refractivity contribution < 1.29 is 10.0 Å². The molecule has 0 unspecified atom stereocenters. The Morgan fingerprint density at radius 1 is 1.14 bits per heavy atom. The smallest absolute Gasteiger partial charge is 0.274 e. The summed E-state index contributed by atoms with van der Waals surface area (Å²) < 4.78 is 1.98. The van der Waals surface area contributed by atoms with Gasteiger partial charge in [0.25, 0.3) is 5.91 Å². The summed E-state index contributed by atoms with van der Waals surface area (Å²) in [5.41, 5.74) is 3.84. The monoisotopic (exact) mass is 334 g/mol. The van der Waals surface area contributed by atoms with Gasteiger partial charge in [-0.15, -0.1) is 0 Å². The van der Waals surface area contributed by atoms with Crippen LogP contribution >= 0.6 is 23.2 Å². The van der Waals surface area contributed by atoms with Gasteiger partial charge < -0.3 is 4.57 Å². The summed E-state index contributed by atoms with van der Waals surface area (Å²) in [4.78, 5) is 11.5. The van der Waals surface area contributed by atoms with Crippen molar-refractivity contribution in [1.29, 1.82) is 0 Å². The molecular weight excluding hydrogens is 323 g/mol. The molecule has 1 amide bonds. The van der Waals surface area contributed by atoms with Crippen molar-refractivity contribution in [1.82, 2.24) is 10.0 Å². The molecule has 0 aliphatic rings. The minimum Gasteiger partial charge on any atom is -0.343 e. The molecule has 0 radical (unpaired) electrons. The van der Waals surface area contributed by atoms with Crippen molar-refractivity contribution in [3.63, 3.8) is 0 Å². The molecular formula is C16H12Cl2N2O2. The van der Waals surface area contributed by atoms with E-state index in [0.29, 0.717) is 22.2 Å². The van der Waals surface area contributed by atoms with Crippen LogP contribution in [0.4, 0.5) is 0 Å². The molecule has 112 valence electrons. The van der Waals surface area contributed by atoms with Crippen LogP contribution in [-0.2, 0) is 6.54 Å². The number of rotatable bonds is 3. The maximum absolute atomic E-state index is 11.5. The van der Waals surface area contributed by atoms with Crippen LogP contribution in [0.5, 0.6) is 0 Å². The Bertz CT molecular complexity index is 858. The number of nitrogens with zero attached hydrogens (tertiary/aromatic N) is 1. The molecule has 0 saturated heterocycles. The van der Waals surface area contributed by atoms with Gasteiger partial charge in [0.1, 0.15) is 0 Å². The standard InChI is InChI=1S/C16H12Cl2N2O2/c17-13-4-3-12(14(18)8-13)9-20-6-5-10-1-2-11(7-15(10)20)16(21)19-22/h1-8,22H,9H2,(H,19,21). The number of carbonyl (C=O) groups excluding carboxylic acids is 1. The van der Waals surface area contributed by atoms with Crippen molar-refractivity contribution in [2.75, 3.05) is 0 Å². The third-order valence-corrected chi connectivity index (χ3v) is 4.08. The summed E-state index contributed by atoms with van der Waals surface area (Å²) in [7, 11) is 0. The van der Waals surface area contributed by atoms with Crippen LogP contribution in [0.25, 0.3) is 10.9 Å². The number of hydrogen-bond donors (Lipinski definition) is 2. The second-order valence-electron chi connectivity index (χ2n) is 4.89. The third-order valence-electron chi connectivity index (χ3n) is 3.49. The fourth-order valence-electron chi connectivity index (χ4n) is 2.36. The highest BCUT2D eigenvalue weighted by Crippen LogP contribution is 2.24. The molecule has 0 fully saturated rings. The van der Waals surface area contributed by atoms with Gasteiger partial charge in [-0.3, -0.25) is 10.0 Å². The molecule has 3 aromatic rings. The summed E-state index contributed by atoms with van der Waals surface area (Å²) in [5.74, 6) is -0.542. The molecule has 22 heavy (non-hydrogen) atoms. The van der Waals surface area contributed by atoms with Crippen LogP contribution < -0.4 is 5.48 Å². The molecule has 0 spiro atoms. The number of halogens is 2. The van der Waals surface area contributed by atoms with Crippen molar-refractivity contribution >= 4 is 40.0 Å². The summed E-state index contributed by atoms with van der Waals surface area (Å²) in [6.45, 7) is 0.559. The Morgan fingerprint density at radius 3 is 2.68 bits per heavy atom. The van der Waals surface area contributed by atoms with Crippen LogP contribution in [-0.4, -0.2) is 15.7 Å². The van der Waals surface area contributed by atoms with Gasteiger partial charge in [-0.05, 0) is 41.3 Å². The van der Waals surface area contributed by atoms with Gasteiger partial charge in [0.05, 0.1) is 0 Å². The Labute approximate surface area is 136 Å². The number of fused-ring (bicyclic) bond motifs is 1. The molecule has 6 heteroatoms. The Kier molecular flexibility index (Phi) is 4.07. The van der Waals surface area contributed by atoms with Crippen molar-refractivity contribution in [2.45, 2.75) is 6.54 Å². The van der Waals surface area contributed by atoms with E-state index in [4.69, 9.17) is 28.4 Å². The van der Waals surface area contributed by atoms with E-state index in [-0.39, 0.29) is 0 Å². The van der Waals surface area contributed by atoms with E-state index in [1.807, 2.05) is 29.0 Å². The lowest BCUT2D eigenvalue weighted by Crippen LogP contribution is -2.18. The summed E-state index contributed by atoms with van der Waals surface area (Å²) >= 11 is 12.1. The number of aromatic nitrogens is 1. The number of hydrogen-bond acceptors (Lipinski definition) is 2. The van der Waals surface area contributed by atoms with Gasteiger partial charge in [0.2, 0.25) is 0 Å². The summed E-state index contributed by atoms with van der Waals surface area (Å²) in [6, 6.07) is 12.5. The van der Waals surface area contributed by atoms with Crippen molar-refractivity contribution in [2.24, 2.45) is 0 Å². The molecule has 2 N–H and O–H groups in total. The summed E-state index contributed by atoms with van der Waals surface area (Å²) in [6.07, 6.45) is 1.93. The molecule has 0 bridgehead atoms. The average Bonchev–Trinajstić information content (AvgIpc) is 2.91. The quantitative estimate of drug-likeness (QED) is 0.559. The first-order chi connectivity index (χ1) is 10.6. The molecule has 0 aliphatic heterocycles. The van der Waals surface area contributed by atoms with Gasteiger partial charge in [-0.2, -0.15) is 0 Å². The van der Waals surface area contributed by atoms with Crippen LogP contribution in [0.2, 0.25) is 10.0 Å². The van der Waals surface area contributed by atoms with Crippen LogP contribution in [0.15, 0.2) is 48.7 Å². The Hall–Kier alpha value is -2.01. The minimum atomic E-state index is -0.542. The first-order valence-electron chi connectivity index (χ1n) is 6.56. The van der Waals surface area contributed by atoms with E-state index in [1.165, 1.54) is 0 Å². The zero-order valence-electron chi connectivity index (χ0n) is 11.4. The number of nitrogens with one attached hydrogen (secondary N) is 1. The second-order valence-corrected chi connectivity index (χ2v) is 5.74. The third kappa shape index (κ3) is 2.81. The predicted molar refractivity (Wildman–Crippen MR) is 86.8 cm³/mol. The SMILES string of the molecule is O=C(NO)c1ccc2ccn(Cc3ccc(Cl)cc3Cl)c2c1. The Balaban J connectivity index is 2.01. The van der Waals surface area contributed by atoms with E-state index < -0.39 is 5.91 Å². The highest BCUT2D eigenvalue weighted by molar-refractivity contribution is 6.35. The molecule has 0 aliphatic carbocycles. The highest BCUT2D eigenvalue weighted by atomic mass is 35.5. The number of carbonyl (C=O) groups is 1. The molecule has 1 aromatic heterocycles. The average molecular weight is 335 g/mol. The van der Waals surface area contributed by atoms with E-state index in [1.54, 1.807) is 29.7 Å². The molecule has 4 nitrogen and oxygen atoms in total. The number of hydroxylamine groups is 1. The van der Waals surface area contributed by atoms with E-state index in [0.717, 1.165) is 16.5 Å². The zero-order chi connectivity index (χ0) is 15.7. The van der Waals surface area contributed by atoms with Crippen LogP contribution in [0, 0.1) is 0 Å². The highest BCUT2D eigenvalue weighted by Gasteiger charge is 2.09. The molecule has 2 aromatic carbocycles. The fraction of sp³-hybridized carbons (Fsp3) is 0.0625. The number of benzene rings is 2. The van der Waals surface area contributed by atoms with Gasteiger partial charge in [0.15, 0.2) is 0 Å². The number of amides is 1. The zero-order valence-corrected chi connectivity index (χ0v) is 12.9. The van der Waals surface area contributed by atoms with Crippen LogP contribution in [0.1, 0.15) is 15.9 Å². The summed E-state index contributed by atoms with van der Waals surface area (Å²) in [5, 5.41) is 10.9. The van der Waals surface area contributed by atoms with Gasteiger partial charge >= 0.3 is 0 Å². The molecule has 0 atom stereocenters. The lowest BCUT2D eigenvalue weighted by Gasteiger charge is -2.09. The first-order valence-corrected chi connectivity index (χ1v) is 7.31. The topological polar surface area (TPSA) is 54.3 Å². The normalized spacial score (nSPS) is 10.9. The fourth-order valence-corrected chi connectivity index (χ4v) is 2.83. The molecule has 3 rings (SSSR count). The van der Waals surface area contributed by atoms with E-state index in [2.05, 4.69) is 0 Å². The van der Waals surface area contributed by atoms with E-state index >= 15 is 0 Å².